The van der Waals surface area contributed by atoms with Crippen LogP contribution in [0.5, 0.6) is 0 Å². The first-order valence-corrected chi connectivity index (χ1v) is 8.17. The standard InChI is InChI=1S/C16H21N5O/c22-16(15-13-6-3-7-14(13)18-19-15)21-10-2-1-5-12(21)11-20-9-4-8-17-20/h4,8-9,12H,1-3,5-7,10-11H2,(H,18,19)/t12-/m0/s1. The van der Waals surface area contributed by atoms with Gasteiger partial charge >= 0.3 is 0 Å². The highest BCUT2D eigenvalue weighted by atomic mass is 16.2. The third kappa shape index (κ3) is 2.32. The Hall–Kier alpha value is -2.11. The Morgan fingerprint density at radius 2 is 2.27 bits per heavy atom. The lowest BCUT2D eigenvalue weighted by molar-refractivity contribution is 0.0576. The number of carbonyl (C=O) groups is 1. The van der Waals surface area contributed by atoms with Gasteiger partial charge in [0.1, 0.15) is 0 Å². The summed E-state index contributed by atoms with van der Waals surface area (Å²) in [6.07, 6.45) is 10.2. The highest BCUT2D eigenvalue weighted by Gasteiger charge is 2.32. The van der Waals surface area contributed by atoms with E-state index in [1.54, 1.807) is 6.20 Å². The van der Waals surface area contributed by atoms with E-state index in [1.807, 2.05) is 21.8 Å². The molecule has 6 heteroatoms. The largest absolute Gasteiger partial charge is 0.332 e. The van der Waals surface area contributed by atoms with E-state index in [9.17, 15) is 4.79 Å². The van der Waals surface area contributed by atoms with Gasteiger partial charge in [0.25, 0.3) is 5.91 Å². The van der Waals surface area contributed by atoms with E-state index in [1.165, 1.54) is 6.42 Å². The predicted molar refractivity (Wildman–Crippen MR) is 81.5 cm³/mol. The van der Waals surface area contributed by atoms with Crippen LogP contribution in [0.2, 0.25) is 0 Å². The van der Waals surface area contributed by atoms with Crippen molar-refractivity contribution in [3.8, 4) is 0 Å². The number of nitrogens with one attached hydrogen (secondary N) is 1. The minimum Gasteiger partial charge on any atom is -0.332 e. The zero-order chi connectivity index (χ0) is 14.9. The highest BCUT2D eigenvalue weighted by Crippen LogP contribution is 2.26. The Morgan fingerprint density at radius 1 is 1.32 bits per heavy atom. The molecule has 1 amide bonds. The highest BCUT2D eigenvalue weighted by molar-refractivity contribution is 5.94. The van der Waals surface area contributed by atoms with E-state index in [-0.39, 0.29) is 11.9 Å². The van der Waals surface area contributed by atoms with Gasteiger partial charge in [-0.05, 0) is 44.6 Å². The van der Waals surface area contributed by atoms with E-state index < -0.39 is 0 Å². The zero-order valence-electron chi connectivity index (χ0n) is 12.7. The summed E-state index contributed by atoms with van der Waals surface area (Å²) in [6.45, 7) is 1.59. The molecule has 0 aromatic carbocycles. The smallest absolute Gasteiger partial charge is 0.274 e. The van der Waals surface area contributed by atoms with Crippen LogP contribution in [0.1, 0.15) is 47.4 Å². The Bertz CT molecular complexity index is 660. The lowest BCUT2D eigenvalue weighted by Crippen LogP contribution is -2.46. The molecule has 4 rings (SSSR count). The van der Waals surface area contributed by atoms with Gasteiger partial charge in [-0.25, -0.2) is 0 Å². The number of aromatic amines is 1. The van der Waals surface area contributed by atoms with Gasteiger partial charge in [0.15, 0.2) is 5.69 Å². The van der Waals surface area contributed by atoms with Crippen molar-refractivity contribution in [1.82, 2.24) is 24.9 Å². The molecule has 1 atom stereocenters. The molecular formula is C16H21N5O. The molecule has 116 valence electrons. The summed E-state index contributed by atoms with van der Waals surface area (Å²) in [5, 5.41) is 11.6. The Morgan fingerprint density at radius 3 is 3.14 bits per heavy atom. The third-order valence-electron chi connectivity index (χ3n) is 4.85. The number of hydrogen-bond acceptors (Lipinski definition) is 3. The van der Waals surface area contributed by atoms with Crippen LogP contribution in [0.15, 0.2) is 18.5 Å². The van der Waals surface area contributed by atoms with Crippen LogP contribution in [0, 0.1) is 0 Å². The number of rotatable bonds is 3. The predicted octanol–water partition coefficient (Wildman–Crippen LogP) is 1.79. The number of H-pyrrole nitrogens is 1. The average molecular weight is 299 g/mol. The first-order chi connectivity index (χ1) is 10.8. The first kappa shape index (κ1) is 13.5. The number of carbonyl (C=O) groups excluding carboxylic acids is 1. The maximum absolute atomic E-state index is 13.0. The molecule has 6 nitrogen and oxygen atoms in total. The molecule has 2 aliphatic rings. The quantitative estimate of drug-likeness (QED) is 0.939. The molecule has 1 N–H and O–H groups in total. The molecule has 0 bridgehead atoms. The van der Waals surface area contributed by atoms with Crippen LogP contribution in [-0.2, 0) is 19.4 Å². The number of likely N-dealkylation sites (tertiary alicyclic amines) is 1. The molecule has 1 saturated heterocycles. The van der Waals surface area contributed by atoms with Crippen LogP contribution >= 0.6 is 0 Å². The maximum Gasteiger partial charge on any atom is 0.274 e. The lowest BCUT2D eigenvalue weighted by atomic mass is 10.0. The molecule has 3 heterocycles. The van der Waals surface area contributed by atoms with Crippen molar-refractivity contribution in [3.63, 3.8) is 0 Å². The number of piperidine rings is 1. The summed E-state index contributed by atoms with van der Waals surface area (Å²) < 4.78 is 1.92. The molecule has 1 aliphatic heterocycles. The fourth-order valence-corrected chi connectivity index (χ4v) is 3.71. The fourth-order valence-electron chi connectivity index (χ4n) is 3.71. The fraction of sp³-hybridized carbons (Fsp3) is 0.562. The Kier molecular flexibility index (Phi) is 3.44. The minimum atomic E-state index is 0.0938. The van der Waals surface area contributed by atoms with E-state index in [4.69, 9.17) is 0 Å². The van der Waals surface area contributed by atoms with Gasteiger partial charge in [0.2, 0.25) is 0 Å². The number of nitrogens with zero attached hydrogens (tertiary/aromatic N) is 4. The maximum atomic E-state index is 13.0. The van der Waals surface area contributed by atoms with Crippen LogP contribution in [0.4, 0.5) is 0 Å². The van der Waals surface area contributed by atoms with Crippen LogP contribution in [0.3, 0.4) is 0 Å². The molecule has 0 radical (unpaired) electrons. The van der Waals surface area contributed by atoms with Gasteiger partial charge in [0, 0.05) is 30.2 Å². The summed E-state index contributed by atoms with van der Waals surface area (Å²) in [5.41, 5.74) is 2.96. The van der Waals surface area contributed by atoms with Gasteiger partial charge in [-0.15, -0.1) is 0 Å². The van der Waals surface area contributed by atoms with Gasteiger partial charge < -0.3 is 4.90 Å². The van der Waals surface area contributed by atoms with Crippen molar-refractivity contribution in [2.75, 3.05) is 6.54 Å². The summed E-state index contributed by atoms with van der Waals surface area (Å²) in [5.74, 6) is 0.0938. The van der Waals surface area contributed by atoms with Crippen molar-refractivity contribution < 1.29 is 4.79 Å². The molecule has 0 spiro atoms. The summed E-state index contributed by atoms with van der Waals surface area (Å²) in [7, 11) is 0. The second-order valence-corrected chi connectivity index (χ2v) is 6.26. The molecular weight excluding hydrogens is 278 g/mol. The lowest BCUT2D eigenvalue weighted by Gasteiger charge is -2.35. The second-order valence-electron chi connectivity index (χ2n) is 6.26. The third-order valence-corrected chi connectivity index (χ3v) is 4.85. The Labute approximate surface area is 129 Å². The van der Waals surface area contributed by atoms with Gasteiger partial charge in [-0.3, -0.25) is 14.6 Å². The monoisotopic (exact) mass is 299 g/mol. The minimum absolute atomic E-state index is 0.0938. The molecule has 0 unspecified atom stereocenters. The SMILES string of the molecule is O=C(c1n[nH]c2c1CCC2)N1CCCC[C@H]1Cn1cccn1. The second kappa shape index (κ2) is 5.59. The summed E-state index contributed by atoms with van der Waals surface area (Å²) in [4.78, 5) is 15.0. The van der Waals surface area contributed by atoms with Gasteiger partial charge in [0.05, 0.1) is 12.6 Å². The van der Waals surface area contributed by atoms with E-state index in [0.29, 0.717) is 5.69 Å². The molecule has 22 heavy (non-hydrogen) atoms. The molecule has 1 fully saturated rings. The number of fused-ring (bicyclic) bond motifs is 1. The molecule has 1 aliphatic carbocycles. The number of aromatic nitrogens is 4. The number of amides is 1. The average Bonchev–Trinajstić information content (AvgIpc) is 3.24. The van der Waals surface area contributed by atoms with Crippen molar-refractivity contribution >= 4 is 5.91 Å². The van der Waals surface area contributed by atoms with Crippen LogP contribution < -0.4 is 0 Å². The van der Waals surface area contributed by atoms with Gasteiger partial charge in [-0.1, -0.05) is 0 Å². The summed E-state index contributed by atoms with van der Waals surface area (Å²) in [6, 6.07) is 2.14. The van der Waals surface area contributed by atoms with Crippen molar-refractivity contribution in [1.29, 1.82) is 0 Å². The molecule has 2 aromatic rings. The van der Waals surface area contributed by atoms with Crippen molar-refractivity contribution in [2.45, 2.75) is 51.1 Å². The summed E-state index contributed by atoms with van der Waals surface area (Å²) >= 11 is 0. The number of hydrogen-bond donors (Lipinski definition) is 1. The van der Waals surface area contributed by atoms with Crippen molar-refractivity contribution in [3.05, 3.63) is 35.4 Å². The first-order valence-electron chi connectivity index (χ1n) is 8.17. The van der Waals surface area contributed by atoms with E-state index >= 15 is 0 Å². The number of aryl methyl sites for hydroxylation is 1. The van der Waals surface area contributed by atoms with Crippen molar-refractivity contribution in [2.24, 2.45) is 0 Å². The van der Waals surface area contributed by atoms with E-state index in [2.05, 4.69) is 15.3 Å². The van der Waals surface area contributed by atoms with Crippen LogP contribution in [0.25, 0.3) is 0 Å². The Balaban J connectivity index is 1.56. The topological polar surface area (TPSA) is 66.8 Å². The van der Waals surface area contributed by atoms with Crippen LogP contribution in [-0.4, -0.2) is 43.4 Å². The van der Waals surface area contributed by atoms with Gasteiger partial charge in [-0.2, -0.15) is 10.2 Å². The zero-order valence-corrected chi connectivity index (χ0v) is 12.7. The normalized spacial score (nSPS) is 21.1. The molecule has 0 saturated carbocycles. The van der Waals surface area contributed by atoms with E-state index in [0.717, 1.165) is 56.5 Å². The molecule has 2 aromatic heterocycles.